The van der Waals surface area contributed by atoms with E-state index in [-0.39, 0.29) is 5.92 Å². The molecule has 0 saturated heterocycles. The summed E-state index contributed by atoms with van der Waals surface area (Å²) >= 11 is 0. The maximum Gasteiger partial charge on any atom is 0.306 e. The molecule has 0 amide bonds. The molecule has 1 aromatic carbocycles. The Balaban J connectivity index is 1.96. The minimum absolute atomic E-state index is 0.342. The standard InChI is InChI=1S/C15H15NO3/c1-9-4-2-3-5-11(9)14-16-12-7-6-10(15(17)18)8-13(12)19-14/h2-5,10H,6-8H2,1H3,(H,17,18). The van der Waals surface area contributed by atoms with Crippen molar-refractivity contribution in [3.8, 4) is 11.5 Å². The molecule has 0 radical (unpaired) electrons. The van der Waals surface area contributed by atoms with E-state index in [9.17, 15) is 4.79 Å². The number of aliphatic carboxylic acids is 1. The molecule has 4 heteroatoms. The number of oxazole rings is 1. The van der Waals surface area contributed by atoms with Gasteiger partial charge in [-0.25, -0.2) is 4.98 Å². The molecule has 1 aromatic heterocycles. The number of aryl methyl sites for hydroxylation is 2. The van der Waals surface area contributed by atoms with Crippen LogP contribution in [0.2, 0.25) is 0 Å². The van der Waals surface area contributed by atoms with E-state index in [2.05, 4.69) is 4.98 Å². The fraction of sp³-hybridized carbons (Fsp3) is 0.333. The van der Waals surface area contributed by atoms with Crippen molar-refractivity contribution >= 4 is 5.97 Å². The monoisotopic (exact) mass is 257 g/mol. The minimum Gasteiger partial charge on any atom is -0.481 e. The summed E-state index contributed by atoms with van der Waals surface area (Å²) in [7, 11) is 0. The molecule has 0 saturated carbocycles. The molecule has 0 fully saturated rings. The summed E-state index contributed by atoms with van der Waals surface area (Å²) in [5.74, 6) is 0.246. The number of carboxylic acid groups (broad SMARTS) is 1. The van der Waals surface area contributed by atoms with Gasteiger partial charge in [0.2, 0.25) is 5.89 Å². The zero-order chi connectivity index (χ0) is 13.4. The summed E-state index contributed by atoms with van der Waals surface area (Å²) in [6.07, 6.45) is 1.77. The molecule has 1 atom stereocenters. The maximum absolute atomic E-state index is 11.0. The third-order valence-electron chi connectivity index (χ3n) is 3.66. The van der Waals surface area contributed by atoms with Crippen molar-refractivity contribution in [1.29, 1.82) is 0 Å². The van der Waals surface area contributed by atoms with Crippen LogP contribution >= 0.6 is 0 Å². The molecule has 1 unspecified atom stereocenters. The first kappa shape index (κ1) is 12.0. The number of hydrogen-bond acceptors (Lipinski definition) is 3. The third kappa shape index (κ3) is 2.14. The van der Waals surface area contributed by atoms with E-state index >= 15 is 0 Å². The van der Waals surface area contributed by atoms with Crippen LogP contribution in [0.4, 0.5) is 0 Å². The van der Waals surface area contributed by atoms with Crippen molar-refractivity contribution in [2.45, 2.75) is 26.2 Å². The highest BCUT2D eigenvalue weighted by Crippen LogP contribution is 2.31. The smallest absolute Gasteiger partial charge is 0.306 e. The van der Waals surface area contributed by atoms with Crippen LogP contribution in [0.15, 0.2) is 28.7 Å². The Labute approximate surface area is 111 Å². The van der Waals surface area contributed by atoms with Gasteiger partial charge in [0, 0.05) is 12.0 Å². The van der Waals surface area contributed by atoms with E-state index < -0.39 is 5.97 Å². The van der Waals surface area contributed by atoms with Crippen molar-refractivity contribution in [1.82, 2.24) is 4.98 Å². The number of aromatic nitrogens is 1. The highest BCUT2D eigenvalue weighted by molar-refractivity contribution is 5.70. The largest absolute Gasteiger partial charge is 0.481 e. The van der Waals surface area contributed by atoms with E-state index in [1.165, 1.54) is 0 Å². The molecule has 98 valence electrons. The van der Waals surface area contributed by atoms with Gasteiger partial charge in [-0.1, -0.05) is 18.2 Å². The molecule has 0 bridgehead atoms. The molecule has 1 heterocycles. The van der Waals surface area contributed by atoms with Crippen molar-refractivity contribution in [3.63, 3.8) is 0 Å². The Kier molecular flexibility index (Phi) is 2.85. The van der Waals surface area contributed by atoms with Crippen LogP contribution in [0.1, 0.15) is 23.4 Å². The van der Waals surface area contributed by atoms with Crippen LogP contribution in [0.5, 0.6) is 0 Å². The first-order chi connectivity index (χ1) is 9.15. The SMILES string of the molecule is Cc1ccccc1-c1nc2c(o1)CC(C(=O)O)CC2. The van der Waals surface area contributed by atoms with Gasteiger partial charge in [0.15, 0.2) is 0 Å². The normalized spacial score (nSPS) is 18.1. The molecule has 1 aliphatic rings. The molecule has 0 aliphatic heterocycles. The van der Waals surface area contributed by atoms with E-state index in [1.54, 1.807) is 0 Å². The van der Waals surface area contributed by atoms with E-state index in [1.807, 2.05) is 31.2 Å². The lowest BCUT2D eigenvalue weighted by molar-refractivity contribution is -0.142. The number of fused-ring (bicyclic) bond motifs is 1. The molecule has 1 N–H and O–H groups in total. The Hall–Kier alpha value is -2.10. The number of carbonyl (C=O) groups is 1. The van der Waals surface area contributed by atoms with Crippen LogP contribution in [0.25, 0.3) is 11.5 Å². The molecule has 1 aliphatic carbocycles. The van der Waals surface area contributed by atoms with E-state index in [4.69, 9.17) is 9.52 Å². The maximum atomic E-state index is 11.0. The second kappa shape index (κ2) is 4.53. The first-order valence-corrected chi connectivity index (χ1v) is 6.42. The molecular weight excluding hydrogens is 242 g/mol. The predicted octanol–water partition coefficient (Wildman–Crippen LogP) is 2.84. The third-order valence-corrected chi connectivity index (χ3v) is 3.66. The van der Waals surface area contributed by atoms with Crippen molar-refractivity contribution in [2.24, 2.45) is 5.92 Å². The van der Waals surface area contributed by atoms with E-state index in [0.717, 1.165) is 22.6 Å². The molecule has 0 spiro atoms. The topological polar surface area (TPSA) is 63.3 Å². The summed E-state index contributed by atoms with van der Waals surface area (Å²) < 4.78 is 5.78. The highest BCUT2D eigenvalue weighted by atomic mass is 16.4. The Morgan fingerprint density at radius 2 is 2.21 bits per heavy atom. The van der Waals surface area contributed by atoms with Crippen molar-refractivity contribution < 1.29 is 14.3 Å². The number of rotatable bonds is 2. The average molecular weight is 257 g/mol. The fourth-order valence-corrected chi connectivity index (χ4v) is 2.51. The van der Waals surface area contributed by atoms with Gasteiger partial charge < -0.3 is 9.52 Å². The second-order valence-electron chi connectivity index (χ2n) is 4.98. The summed E-state index contributed by atoms with van der Waals surface area (Å²) in [5, 5.41) is 9.07. The van der Waals surface area contributed by atoms with Gasteiger partial charge >= 0.3 is 5.97 Å². The van der Waals surface area contributed by atoms with Gasteiger partial charge in [-0.2, -0.15) is 0 Å². The Bertz CT molecular complexity index is 630. The lowest BCUT2D eigenvalue weighted by Crippen LogP contribution is -2.21. The lowest BCUT2D eigenvalue weighted by atomic mass is 9.91. The fourth-order valence-electron chi connectivity index (χ4n) is 2.51. The second-order valence-corrected chi connectivity index (χ2v) is 4.98. The van der Waals surface area contributed by atoms with Crippen LogP contribution in [-0.4, -0.2) is 16.1 Å². The summed E-state index contributed by atoms with van der Waals surface area (Å²) in [4.78, 5) is 15.5. The Morgan fingerprint density at radius 3 is 2.95 bits per heavy atom. The molecule has 2 aromatic rings. The minimum atomic E-state index is -0.750. The summed E-state index contributed by atoms with van der Waals surface area (Å²) in [6, 6.07) is 7.91. The van der Waals surface area contributed by atoms with Crippen molar-refractivity contribution in [3.05, 3.63) is 41.3 Å². The van der Waals surface area contributed by atoms with Gasteiger partial charge in [0.05, 0.1) is 11.6 Å². The average Bonchev–Trinajstić information content (AvgIpc) is 2.81. The number of nitrogens with zero attached hydrogens (tertiary/aromatic N) is 1. The number of carboxylic acids is 1. The van der Waals surface area contributed by atoms with Crippen LogP contribution in [0.3, 0.4) is 0 Å². The van der Waals surface area contributed by atoms with E-state index in [0.29, 0.717) is 25.2 Å². The number of benzene rings is 1. The highest BCUT2D eigenvalue weighted by Gasteiger charge is 2.28. The first-order valence-electron chi connectivity index (χ1n) is 6.42. The van der Waals surface area contributed by atoms with Crippen LogP contribution < -0.4 is 0 Å². The molecule has 3 rings (SSSR count). The summed E-state index contributed by atoms with van der Waals surface area (Å²) in [6.45, 7) is 2.01. The van der Waals surface area contributed by atoms with Gasteiger partial charge in [0.1, 0.15) is 5.76 Å². The van der Waals surface area contributed by atoms with Gasteiger partial charge in [-0.3, -0.25) is 4.79 Å². The quantitative estimate of drug-likeness (QED) is 0.898. The molecule has 19 heavy (non-hydrogen) atoms. The zero-order valence-corrected chi connectivity index (χ0v) is 10.7. The predicted molar refractivity (Wildman–Crippen MR) is 69.8 cm³/mol. The number of hydrogen-bond donors (Lipinski definition) is 1. The molecular formula is C15H15NO3. The van der Waals surface area contributed by atoms with Crippen molar-refractivity contribution in [2.75, 3.05) is 0 Å². The molecule has 4 nitrogen and oxygen atoms in total. The van der Waals surface area contributed by atoms with Gasteiger partial charge in [-0.05, 0) is 31.4 Å². The van der Waals surface area contributed by atoms with Crippen LogP contribution in [-0.2, 0) is 17.6 Å². The van der Waals surface area contributed by atoms with Crippen LogP contribution in [0, 0.1) is 12.8 Å². The Morgan fingerprint density at radius 1 is 1.42 bits per heavy atom. The lowest BCUT2D eigenvalue weighted by Gasteiger charge is -2.15. The zero-order valence-electron chi connectivity index (χ0n) is 10.7. The summed E-state index contributed by atoms with van der Waals surface area (Å²) in [5.41, 5.74) is 3.00. The van der Waals surface area contributed by atoms with Gasteiger partial charge in [-0.15, -0.1) is 0 Å². The van der Waals surface area contributed by atoms with Gasteiger partial charge in [0.25, 0.3) is 0 Å².